The van der Waals surface area contributed by atoms with Gasteiger partial charge in [-0.05, 0) is 48.6 Å². The van der Waals surface area contributed by atoms with Gasteiger partial charge in [-0.2, -0.15) is 0 Å². The van der Waals surface area contributed by atoms with E-state index >= 15 is 0 Å². The maximum absolute atomic E-state index is 5.31. The SMILES string of the molecule is COc1ccc(NC(=S)NCCSc2cccc3nccn23)cc1. The molecule has 0 amide bonds. The molecule has 3 aromatic rings. The smallest absolute Gasteiger partial charge is 0.170 e. The van der Waals surface area contributed by atoms with Crippen molar-refractivity contribution in [3.63, 3.8) is 0 Å². The van der Waals surface area contributed by atoms with E-state index in [9.17, 15) is 0 Å². The van der Waals surface area contributed by atoms with E-state index < -0.39 is 0 Å². The number of anilines is 1. The number of benzene rings is 1. The van der Waals surface area contributed by atoms with Gasteiger partial charge in [0.25, 0.3) is 0 Å². The van der Waals surface area contributed by atoms with E-state index in [4.69, 9.17) is 17.0 Å². The first-order valence-corrected chi connectivity index (χ1v) is 8.89. The lowest BCUT2D eigenvalue weighted by molar-refractivity contribution is 0.415. The number of rotatable bonds is 6. The topological polar surface area (TPSA) is 50.6 Å². The van der Waals surface area contributed by atoms with E-state index in [1.165, 1.54) is 5.03 Å². The standard InChI is InChI=1S/C17H18N4OS2/c1-22-14-7-5-13(6-8-14)20-17(23)19-10-12-24-16-4-2-3-15-18-9-11-21(15)16/h2-9,11H,10,12H2,1H3,(H2,19,20,23). The van der Waals surface area contributed by atoms with Gasteiger partial charge in [-0.25, -0.2) is 4.98 Å². The van der Waals surface area contributed by atoms with Crippen molar-refractivity contribution in [1.82, 2.24) is 14.7 Å². The fraction of sp³-hybridized carbons (Fsp3) is 0.176. The van der Waals surface area contributed by atoms with Gasteiger partial charge in [-0.1, -0.05) is 6.07 Å². The van der Waals surface area contributed by atoms with Crippen molar-refractivity contribution < 1.29 is 4.74 Å². The Morgan fingerprint density at radius 2 is 2.08 bits per heavy atom. The first-order valence-electron chi connectivity index (χ1n) is 7.50. The molecule has 0 saturated carbocycles. The van der Waals surface area contributed by atoms with Gasteiger partial charge in [0, 0.05) is 30.4 Å². The van der Waals surface area contributed by atoms with Gasteiger partial charge < -0.3 is 15.4 Å². The maximum Gasteiger partial charge on any atom is 0.170 e. The number of methoxy groups -OCH3 is 1. The molecule has 0 saturated heterocycles. The second-order valence-corrected chi connectivity index (χ2v) is 6.50. The number of thiocarbonyl (C=S) groups is 1. The summed E-state index contributed by atoms with van der Waals surface area (Å²) >= 11 is 7.08. The van der Waals surface area contributed by atoms with Crippen LogP contribution >= 0.6 is 24.0 Å². The van der Waals surface area contributed by atoms with Crippen LogP contribution in [0.15, 0.2) is 59.9 Å². The lowest BCUT2D eigenvalue weighted by Crippen LogP contribution is -2.30. The van der Waals surface area contributed by atoms with Crippen molar-refractivity contribution >= 4 is 40.4 Å². The zero-order valence-corrected chi connectivity index (χ0v) is 14.9. The van der Waals surface area contributed by atoms with Crippen LogP contribution in [0.3, 0.4) is 0 Å². The number of ether oxygens (including phenoxy) is 1. The normalized spacial score (nSPS) is 10.5. The molecule has 124 valence electrons. The Kier molecular flexibility index (Phi) is 5.55. The first-order chi connectivity index (χ1) is 11.8. The Bertz CT molecular complexity index is 817. The van der Waals surface area contributed by atoms with Gasteiger partial charge in [-0.3, -0.25) is 4.40 Å². The van der Waals surface area contributed by atoms with Gasteiger partial charge >= 0.3 is 0 Å². The Morgan fingerprint density at radius 3 is 2.88 bits per heavy atom. The zero-order valence-electron chi connectivity index (χ0n) is 13.2. The molecule has 0 fully saturated rings. The number of imidazole rings is 1. The molecule has 0 atom stereocenters. The third-order valence-corrected chi connectivity index (χ3v) is 4.66. The highest BCUT2D eigenvalue weighted by molar-refractivity contribution is 7.99. The largest absolute Gasteiger partial charge is 0.497 e. The van der Waals surface area contributed by atoms with Crippen LogP contribution in [-0.2, 0) is 0 Å². The van der Waals surface area contributed by atoms with Gasteiger partial charge in [0.1, 0.15) is 11.4 Å². The van der Waals surface area contributed by atoms with Crippen molar-refractivity contribution in [3.05, 3.63) is 54.9 Å². The summed E-state index contributed by atoms with van der Waals surface area (Å²) in [6, 6.07) is 13.8. The average Bonchev–Trinajstić information content (AvgIpc) is 3.09. The summed E-state index contributed by atoms with van der Waals surface area (Å²) in [5, 5.41) is 8.15. The summed E-state index contributed by atoms with van der Waals surface area (Å²) in [7, 11) is 1.65. The third-order valence-electron chi connectivity index (χ3n) is 3.38. The van der Waals surface area contributed by atoms with Crippen molar-refractivity contribution in [3.8, 4) is 5.75 Å². The summed E-state index contributed by atoms with van der Waals surface area (Å²) in [5.74, 6) is 1.73. The number of hydrogen-bond donors (Lipinski definition) is 2. The molecule has 0 aliphatic rings. The molecule has 3 rings (SSSR count). The Balaban J connectivity index is 1.44. The van der Waals surface area contributed by atoms with Crippen LogP contribution in [0.4, 0.5) is 5.69 Å². The average molecular weight is 358 g/mol. The van der Waals surface area contributed by atoms with E-state index in [2.05, 4.69) is 26.1 Å². The highest BCUT2D eigenvalue weighted by Gasteiger charge is 2.02. The third kappa shape index (κ3) is 4.18. The minimum atomic E-state index is 0.613. The molecule has 0 aliphatic carbocycles. The minimum absolute atomic E-state index is 0.613. The lowest BCUT2D eigenvalue weighted by atomic mass is 10.3. The highest BCUT2D eigenvalue weighted by atomic mass is 32.2. The Labute approximate surface area is 150 Å². The van der Waals surface area contributed by atoms with E-state index in [1.54, 1.807) is 18.9 Å². The minimum Gasteiger partial charge on any atom is -0.497 e. The molecule has 0 spiro atoms. The quantitative estimate of drug-likeness (QED) is 0.400. The summed E-state index contributed by atoms with van der Waals surface area (Å²) in [4.78, 5) is 4.29. The number of fused-ring (bicyclic) bond motifs is 1. The van der Waals surface area contributed by atoms with E-state index in [-0.39, 0.29) is 0 Å². The summed E-state index contributed by atoms with van der Waals surface area (Å²) in [5.41, 5.74) is 1.90. The van der Waals surface area contributed by atoms with Gasteiger partial charge in [-0.15, -0.1) is 11.8 Å². The lowest BCUT2D eigenvalue weighted by Gasteiger charge is -2.11. The second kappa shape index (κ2) is 8.03. The molecule has 0 unspecified atom stereocenters. The van der Waals surface area contributed by atoms with Crippen LogP contribution in [0.1, 0.15) is 0 Å². The van der Waals surface area contributed by atoms with Gasteiger partial charge in [0.2, 0.25) is 0 Å². The zero-order chi connectivity index (χ0) is 16.8. The van der Waals surface area contributed by atoms with Gasteiger partial charge in [0.05, 0.1) is 12.1 Å². The fourth-order valence-electron chi connectivity index (χ4n) is 2.21. The molecule has 7 heteroatoms. The maximum atomic E-state index is 5.31. The van der Waals surface area contributed by atoms with Crippen molar-refractivity contribution in [1.29, 1.82) is 0 Å². The number of aromatic nitrogens is 2. The van der Waals surface area contributed by atoms with E-state index in [0.717, 1.165) is 29.4 Å². The summed E-state index contributed by atoms with van der Waals surface area (Å²) in [6.45, 7) is 0.776. The Morgan fingerprint density at radius 1 is 1.25 bits per heavy atom. The summed E-state index contributed by atoms with van der Waals surface area (Å²) < 4.78 is 7.22. The predicted molar refractivity (Wildman–Crippen MR) is 103 cm³/mol. The van der Waals surface area contributed by atoms with Crippen molar-refractivity contribution in [2.45, 2.75) is 5.03 Å². The summed E-state index contributed by atoms with van der Waals surface area (Å²) in [6.07, 6.45) is 3.78. The van der Waals surface area contributed by atoms with E-state index in [1.807, 2.05) is 48.8 Å². The van der Waals surface area contributed by atoms with Crippen LogP contribution in [-0.4, -0.2) is 33.9 Å². The molecule has 2 heterocycles. The molecule has 0 bridgehead atoms. The van der Waals surface area contributed by atoms with Crippen molar-refractivity contribution in [2.24, 2.45) is 0 Å². The van der Waals surface area contributed by atoms with Crippen LogP contribution in [0.2, 0.25) is 0 Å². The van der Waals surface area contributed by atoms with Crippen LogP contribution < -0.4 is 15.4 Å². The predicted octanol–water partition coefficient (Wildman–Crippen LogP) is 3.42. The number of thioether (sulfide) groups is 1. The number of nitrogens with zero attached hydrogens (tertiary/aromatic N) is 2. The van der Waals surface area contributed by atoms with Crippen molar-refractivity contribution in [2.75, 3.05) is 24.7 Å². The number of pyridine rings is 1. The molecule has 0 radical (unpaired) electrons. The monoisotopic (exact) mass is 358 g/mol. The number of nitrogens with one attached hydrogen (secondary N) is 2. The van der Waals surface area contributed by atoms with Crippen LogP contribution in [0.5, 0.6) is 5.75 Å². The van der Waals surface area contributed by atoms with Crippen LogP contribution in [0.25, 0.3) is 5.65 Å². The highest BCUT2D eigenvalue weighted by Crippen LogP contribution is 2.18. The number of hydrogen-bond acceptors (Lipinski definition) is 4. The molecule has 5 nitrogen and oxygen atoms in total. The molecular formula is C17H18N4OS2. The molecule has 2 N–H and O–H groups in total. The molecular weight excluding hydrogens is 340 g/mol. The Hall–Kier alpha value is -2.25. The van der Waals surface area contributed by atoms with Crippen LogP contribution in [0, 0.1) is 0 Å². The second-order valence-electron chi connectivity index (χ2n) is 4.98. The van der Waals surface area contributed by atoms with Gasteiger partial charge in [0.15, 0.2) is 5.11 Å². The fourth-order valence-corrected chi connectivity index (χ4v) is 3.31. The first kappa shape index (κ1) is 16.6. The molecule has 0 aliphatic heterocycles. The molecule has 2 aromatic heterocycles. The van der Waals surface area contributed by atoms with E-state index in [0.29, 0.717) is 5.11 Å². The molecule has 24 heavy (non-hydrogen) atoms. The molecule has 1 aromatic carbocycles.